The molecule has 1 aromatic heterocycles. The first kappa shape index (κ1) is 13.9. The molecule has 1 amide bonds. The number of likely N-dealkylation sites (tertiary alicyclic amines) is 1. The van der Waals surface area contributed by atoms with Crippen molar-refractivity contribution in [1.82, 2.24) is 9.88 Å². The lowest BCUT2D eigenvalue weighted by molar-refractivity contribution is 0.0270. The molecule has 1 saturated carbocycles. The number of hydrogen-bond donors (Lipinski definition) is 0. The molecule has 3 rings (SSSR count). The van der Waals surface area contributed by atoms with Crippen LogP contribution in [0.3, 0.4) is 0 Å². The molecular formula is C15H19BrN2O2. The van der Waals surface area contributed by atoms with Gasteiger partial charge in [0.05, 0.1) is 0 Å². The lowest BCUT2D eigenvalue weighted by Gasteiger charge is -2.26. The van der Waals surface area contributed by atoms with Gasteiger partial charge in [-0.05, 0) is 61.2 Å². The molecule has 1 saturated heterocycles. The summed E-state index contributed by atoms with van der Waals surface area (Å²) in [5.74, 6) is 0.531. The van der Waals surface area contributed by atoms with E-state index < -0.39 is 5.60 Å². The summed E-state index contributed by atoms with van der Waals surface area (Å²) in [6.07, 6.45) is 2.75. The first-order chi connectivity index (χ1) is 9.30. The number of hydrogen-bond acceptors (Lipinski definition) is 3. The summed E-state index contributed by atoms with van der Waals surface area (Å²) in [6.45, 7) is 7.20. The van der Waals surface area contributed by atoms with Crippen molar-refractivity contribution in [3.05, 3.63) is 28.5 Å². The van der Waals surface area contributed by atoms with E-state index in [9.17, 15) is 4.79 Å². The normalized spacial score (nSPS) is 28.2. The number of fused-ring (bicyclic) bond motifs is 1. The number of carbonyl (C=O) groups excluding carboxylic acids is 1. The van der Waals surface area contributed by atoms with Crippen LogP contribution >= 0.6 is 15.9 Å². The largest absolute Gasteiger partial charge is 0.444 e. The first-order valence-corrected chi connectivity index (χ1v) is 7.69. The highest BCUT2D eigenvalue weighted by molar-refractivity contribution is 9.10. The van der Waals surface area contributed by atoms with Crippen LogP contribution in [0.2, 0.25) is 0 Å². The smallest absolute Gasteiger partial charge is 0.410 e. The Hall–Kier alpha value is -1.10. The Labute approximate surface area is 127 Å². The fourth-order valence-electron chi connectivity index (χ4n) is 3.02. The van der Waals surface area contributed by atoms with Gasteiger partial charge in [-0.2, -0.15) is 0 Å². The van der Waals surface area contributed by atoms with Gasteiger partial charge in [0.15, 0.2) is 0 Å². The third kappa shape index (κ3) is 2.43. The van der Waals surface area contributed by atoms with Crippen molar-refractivity contribution in [3.63, 3.8) is 0 Å². The summed E-state index contributed by atoms with van der Waals surface area (Å²) in [5.41, 5.74) is 0.724. The van der Waals surface area contributed by atoms with Crippen LogP contribution in [0.5, 0.6) is 0 Å². The maximum Gasteiger partial charge on any atom is 0.410 e. The Morgan fingerprint density at radius 3 is 2.85 bits per heavy atom. The van der Waals surface area contributed by atoms with E-state index in [4.69, 9.17) is 4.74 Å². The van der Waals surface area contributed by atoms with Crippen LogP contribution in [-0.2, 0) is 10.2 Å². The van der Waals surface area contributed by atoms with Crippen molar-refractivity contribution >= 4 is 22.0 Å². The second-order valence-corrected chi connectivity index (χ2v) is 7.70. The maximum atomic E-state index is 12.1. The number of carbonyl (C=O) groups is 1. The average molecular weight is 339 g/mol. The second-order valence-electron chi connectivity index (χ2n) is 6.78. The van der Waals surface area contributed by atoms with Gasteiger partial charge in [0, 0.05) is 34.9 Å². The Morgan fingerprint density at radius 2 is 2.25 bits per heavy atom. The van der Waals surface area contributed by atoms with E-state index in [1.165, 1.54) is 0 Å². The predicted octanol–water partition coefficient (Wildman–Crippen LogP) is 3.35. The SMILES string of the molecule is CC(C)(C)OC(=O)N1CC2CC2(c2ccc(Br)cn2)C1. The summed E-state index contributed by atoms with van der Waals surface area (Å²) in [6, 6.07) is 4.07. The van der Waals surface area contributed by atoms with Crippen molar-refractivity contribution in [2.45, 2.75) is 38.2 Å². The van der Waals surface area contributed by atoms with Gasteiger partial charge < -0.3 is 9.64 Å². The fourth-order valence-corrected chi connectivity index (χ4v) is 3.25. The minimum Gasteiger partial charge on any atom is -0.444 e. The highest BCUT2D eigenvalue weighted by atomic mass is 79.9. The molecule has 0 radical (unpaired) electrons. The molecule has 1 aliphatic heterocycles. The third-order valence-electron chi connectivity index (χ3n) is 4.03. The van der Waals surface area contributed by atoms with E-state index in [0.29, 0.717) is 5.92 Å². The van der Waals surface area contributed by atoms with E-state index in [0.717, 1.165) is 29.7 Å². The molecule has 2 aliphatic rings. The third-order valence-corrected chi connectivity index (χ3v) is 4.50. The monoisotopic (exact) mass is 338 g/mol. The summed E-state index contributed by atoms with van der Waals surface area (Å²) < 4.78 is 6.43. The molecule has 0 spiro atoms. The molecule has 0 N–H and O–H groups in total. The molecule has 5 heteroatoms. The molecule has 2 atom stereocenters. The topological polar surface area (TPSA) is 42.4 Å². The summed E-state index contributed by atoms with van der Waals surface area (Å²) in [5, 5.41) is 0. The van der Waals surface area contributed by atoms with Gasteiger partial charge in [0.25, 0.3) is 0 Å². The quantitative estimate of drug-likeness (QED) is 0.788. The average Bonchev–Trinajstić information content (AvgIpc) is 2.90. The molecule has 108 valence electrons. The molecule has 2 unspecified atom stereocenters. The van der Waals surface area contributed by atoms with Crippen LogP contribution < -0.4 is 0 Å². The fraction of sp³-hybridized carbons (Fsp3) is 0.600. The Balaban J connectivity index is 1.71. The van der Waals surface area contributed by atoms with Crippen LogP contribution in [0.25, 0.3) is 0 Å². The zero-order valence-electron chi connectivity index (χ0n) is 12.0. The van der Waals surface area contributed by atoms with E-state index >= 15 is 0 Å². The van der Waals surface area contributed by atoms with Gasteiger partial charge in [0.1, 0.15) is 5.60 Å². The van der Waals surface area contributed by atoms with Gasteiger partial charge in [-0.1, -0.05) is 0 Å². The number of rotatable bonds is 1. The molecule has 0 aromatic carbocycles. The summed E-state index contributed by atoms with van der Waals surface area (Å²) in [4.78, 5) is 18.5. The van der Waals surface area contributed by atoms with Gasteiger partial charge >= 0.3 is 6.09 Å². The molecule has 2 fully saturated rings. The number of aromatic nitrogens is 1. The van der Waals surface area contributed by atoms with Crippen LogP contribution in [0.15, 0.2) is 22.8 Å². The lowest BCUT2D eigenvalue weighted by Crippen LogP contribution is -2.37. The molecule has 1 aliphatic carbocycles. The Kier molecular flexibility index (Phi) is 3.08. The molecule has 2 heterocycles. The standard InChI is InChI=1S/C15H19BrN2O2/c1-14(2,3)20-13(19)18-8-10-6-15(10,9-18)12-5-4-11(16)7-17-12/h4-5,7,10H,6,8-9H2,1-3H3. The van der Waals surface area contributed by atoms with Crippen molar-refractivity contribution in [2.75, 3.05) is 13.1 Å². The van der Waals surface area contributed by atoms with Gasteiger partial charge in [-0.25, -0.2) is 4.79 Å². The second kappa shape index (κ2) is 4.45. The Bertz CT molecular complexity index is 538. The van der Waals surface area contributed by atoms with Gasteiger partial charge in [-0.3, -0.25) is 4.98 Å². The zero-order chi connectivity index (χ0) is 14.5. The molecule has 0 bridgehead atoms. The highest BCUT2D eigenvalue weighted by Crippen LogP contribution is 2.58. The number of ether oxygens (including phenoxy) is 1. The number of pyridine rings is 1. The minimum atomic E-state index is -0.438. The number of nitrogens with zero attached hydrogens (tertiary/aromatic N) is 2. The first-order valence-electron chi connectivity index (χ1n) is 6.90. The maximum absolute atomic E-state index is 12.1. The highest BCUT2D eigenvalue weighted by Gasteiger charge is 2.63. The van der Waals surface area contributed by atoms with Crippen molar-refractivity contribution in [2.24, 2.45) is 5.92 Å². The van der Waals surface area contributed by atoms with Crippen molar-refractivity contribution in [1.29, 1.82) is 0 Å². The molecule has 1 aromatic rings. The van der Waals surface area contributed by atoms with Gasteiger partial charge in [-0.15, -0.1) is 0 Å². The van der Waals surface area contributed by atoms with Crippen LogP contribution in [0, 0.1) is 5.92 Å². The number of amides is 1. The molecular weight excluding hydrogens is 320 g/mol. The Morgan fingerprint density at radius 1 is 1.50 bits per heavy atom. The zero-order valence-corrected chi connectivity index (χ0v) is 13.6. The molecule has 20 heavy (non-hydrogen) atoms. The minimum absolute atomic E-state index is 0.0671. The number of halogens is 1. The summed E-state index contributed by atoms with van der Waals surface area (Å²) in [7, 11) is 0. The van der Waals surface area contributed by atoms with E-state index in [1.54, 1.807) is 0 Å². The van der Waals surface area contributed by atoms with Crippen LogP contribution in [0.1, 0.15) is 32.9 Å². The molecule has 4 nitrogen and oxygen atoms in total. The van der Waals surface area contributed by atoms with E-state index in [2.05, 4.69) is 27.0 Å². The van der Waals surface area contributed by atoms with Crippen molar-refractivity contribution < 1.29 is 9.53 Å². The predicted molar refractivity (Wildman–Crippen MR) is 79.5 cm³/mol. The van der Waals surface area contributed by atoms with Crippen LogP contribution in [0.4, 0.5) is 4.79 Å². The summed E-state index contributed by atoms with van der Waals surface area (Å²) >= 11 is 3.41. The van der Waals surface area contributed by atoms with Crippen molar-refractivity contribution in [3.8, 4) is 0 Å². The van der Waals surface area contributed by atoms with E-state index in [1.807, 2.05) is 37.9 Å². The number of piperidine rings is 1. The van der Waals surface area contributed by atoms with Gasteiger partial charge in [0.2, 0.25) is 0 Å². The lowest BCUT2D eigenvalue weighted by atomic mass is 10.0. The van der Waals surface area contributed by atoms with E-state index in [-0.39, 0.29) is 11.5 Å². The van der Waals surface area contributed by atoms with Crippen LogP contribution in [-0.4, -0.2) is 34.7 Å².